The Kier molecular flexibility index (Phi) is 2.35. The summed E-state index contributed by atoms with van der Waals surface area (Å²) in [4.78, 5) is 0. The largest absolute Gasteiger partial charge is 0.330 e. The van der Waals surface area contributed by atoms with Crippen molar-refractivity contribution in [3.05, 3.63) is 17.5 Å². The summed E-state index contributed by atoms with van der Waals surface area (Å²) in [5.41, 5.74) is 8.46. The van der Waals surface area contributed by atoms with Crippen LogP contribution in [0.1, 0.15) is 31.0 Å². The lowest BCUT2D eigenvalue weighted by atomic mass is 9.84. The highest BCUT2D eigenvalue weighted by molar-refractivity contribution is 5.29. The molecule has 0 saturated heterocycles. The molecule has 14 heavy (non-hydrogen) atoms. The van der Waals surface area contributed by atoms with Gasteiger partial charge in [0.25, 0.3) is 0 Å². The molecule has 0 spiro atoms. The molecule has 78 valence electrons. The van der Waals surface area contributed by atoms with Crippen LogP contribution in [0.15, 0.2) is 6.20 Å². The third-order valence-corrected chi connectivity index (χ3v) is 3.41. The van der Waals surface area contributed by atoms with Crippen LogP contribution < -0.4 is 5.73 Å². The van der Waals surface area contributed by atoms with Crippen LogP contribution in [0.3, 0.4) is 0 Å². The van der Waals surface area contributed by atoms with Crippen molar-refractivity contribution in [2.45, 2.75) is 26.2 Å². The van der Waals surface area contributed by atoms with Gasteiger partial charge in [-0.15, -0.1) is 0 Å². The fraction of sp³-hybridized carbons (Fsp3) is 0.727. The molecule has 3 heteroatoms. The zero-order valence-electron chi connectivity index (χ0n) is 9.20. The summed E-state index contributed by atoms with van der Waals surface area (Å²) in [6.07, 6.45) is 3.28. The average molecular weight is 193 g/mol. The molecule has 1 aliphatic rings. The molecule has 0 amide bonds. The topological polar surface area (TPSA) is 43.8 Å². The number of aryl methyl sites for hydroxylation is 1. The molecule has 0 saturated carbocycles. The van der Waals surface area contributed by atoms with Gasteiger partial charge in [-0.1, -0.05) is 13.8 Å². The molecule has 0 aliphatic heterocycles. The SMILES string of the molecule is CC(CN)C1c2cn(C)nc2CC1C. The lowest BCUT2D eigenvalue weighted by Crippen LogP contribution is -2.21. The number of hydrogen-bond acceptors (Lipinski definition) is 2. The molecule has 2 rings (SSSR count). The molecular weight excluding hydrogens is 174 g/mol. The quantitative estimate of drug-likeness (QED) is 0.769. The second-order valence-electron chi connectivity index (χ2n) is 4.62. The Balaban J connectivity index is 2.32. The minimum atomic E-state index is 0.565. The van der Waals surface area contributed by atoms with Crippen LogP contribution in [0.5, 0.6) is 0 Å². The van der Waals surface area contributed by atoms with Gasteiger partial charge >= 0.3 is 0 Å². The molecular formula is C11H19N3. The first-order valence-electron chi connectivity index (χ1n) is 5.36. The molecule has 1 aromatic rings. The third-order valence-electron chi connectivity index (χ3n) is 3.41. The van der Waals surface area contributed by atoms with Crippen LogP contribution in [0.25, 0.3) is 0 Å². The van der Waals surface area contributed by atoms with E-state index in [2.05, 4.69) is 25.1 Å². The van der Waals surface area contributed by atoms with Crippen LogP contribution in [-0.2, 0) is 13.5 Å². The highest BCUT2D eigenvalue weighted by Crippen LogP contribution is 2.41. The second-order valence-corrected chi connectivity index (χ2v) is 4.62. The lowest BCUT2D eigenvalue weighted by Gasteiger charge is -2.22. The van der Waals surface area contributed by atoms with Crippen molar-refractivity contribution in [3.63, 3.8) is 0 Å². The third kappa shape index (κ3) is 1.36. The van der Waals surface area contributed by atoms with Crippen LogP contribution in [0, 0.1) is 11.8 Å². The fourth-order valence-corrected chi connectivity index (χ4v) is 2.74. The van der Waals surface area contributed by atoms with E-state index >= 15 is 0 Å². The van der Waals surface area contributed by atoms with Gasteiger partial charge in [-0.2, -0.15) is 5.10 Å². The van der Waals surface area contributed by atoms with Crippen molar-refractivity contribution in [2.75, 3.05) is 6.54 Å². The van der Waals surface area contributed by atoms with Gasteiger partial charge in [0.1, 0.15) is 0 Å². The monoisotopic (exact) mass is 193 g/mol. The normalized spacial score (nSPS) is 27.7. The summed E-state index contributed by atoms with van der Waals surface area (Å²) in [7, 11) is 1.99. The van der Waals surface area contributed by atoms with Gasteiger partial charge in [-0.3, -0.25) is 4.68 Å². The van der Waals surface area contributed by atoms with Crippen molar-refractivity contribution in [1.82, 2.24) is 9.78 Å². The molecule has 3 unspecified atom stereocenters. The molecule has 3 nitrogen and oxygen atoms in total. The van der Waals surface area contributed by atoms with Crippen molar-refractivity contribution >= 4 is 0 Å². The van der Waals surface area contributed by atoms with E-state index in [1.54, 1.807) is 0 Å². The molecule has 0 bridgehead atoms. The molecule has 0 aromatic carbocycles. The summed E-state index contributed by atoms with van der Waals surface area (Å²) in [6, 6.07) is 0. The summed E-state index contributed by atoms with van der Waals surface area (Å²) in [6.45, 7) is 5.31. The molecule has 0 radical (unpaired) electrons. The van der Waals surface area contributed by atoms with Gasteiger partial charge in [0.2, 0.25) is 0 Å². The summed E-state index contributed by atoms with van der Waals surface area (Å²) < 4.78 is 1.92. The van der Waals surface area contributed by atoms with E-state index < -0.39 is 0 Å². The van der Waals surface area contributed by atoms with E-state index in [-0.39, 0.29) is 0 Å². The van der Waals surface area contributed by atoms with Gasteiger partial charge < -0.3 is 5.73 Å². The number of rotatable bonds is 2. The first-order chi connectivity index (χ1) is 6.63. The molecule has 1 heterocycles. The van der Waals surface area contributed by atoms with Gasteiger partial charge in [-0.05, 0) is 36.3 Å². The maximum absolute atomic E-state index is 5.75. The average Bonchev–Trinajstić information content (AvgIpc) is 2.58. The maximum Gasteiger partial charge on any atom is 0.0662 e. The smallest absolute Gasteiger partial charge is 0.0662 e. The predicted octanol–water partition coefficient (Wildman–Crippen LogP) is 1.29. The number of aromatic nitrogens is 2. The van der Waals surface area contributed by atoms with Crippen molar-refractivity contribution < 1.29 is 0 Å². The van der Waals surface area contributed by atoms with Crippen molar-refractivity contribution in [2.24, 2.45) is 24.6 Å². The van der Waals surface area contributed by atoms with Gasteiger partial charge in [0, 0.05) is 13.2 Å². The van der Waals surface area contributed by atoms with Gasteiger partial charge in [0.05, 0.1) is 5.69 Å². The summed E-state index contributed by atoms with van der Waals surface area (Å²) >= 11 is 0. The van der Waals surface area contributed by atoms with E-state index in [4.69, 9.17) is 5.73 Å². The van der Waals surface area contributed by atoms with E-state index in [1.165, 1.54) is 11.3 Å². The Labute approximate surface area is 85.3 Å². The van der Waals surface area contributed by atoms with E-state index in [9.17, 15) is 0 Å². The Morgan fingerprint density at radius 2 is 2.43 bits per heavy atom. The molecule has 3 atom stereocenters. The highest BCUT2D eigenvalue weighted by Gasteiger charge is 2.34. The number of nitrogens with zero attached hydrogens (tertiary/aromatic N) is 2. The fourth-order valence-electron chi connectivity index (χ4n) is 2.74. The number of hydrogen-bond donors (Lipinski definition) is 1. The van der Waals surface area contributed by atoms with Crippen LogP contribution in [0.2, 0.25) is 0 Å². The predicted molar refractivity (Wildman–Crippen MR) is 57.0 cm³/mol. The summed E-state index contributed by atoms with van der Waals surface area (Å²) in [5.74, 6) is 1.88. The van der Waals surface area contributed by atoms with Crippen LogP contribution >= 0.6 is 0 Å². The van der Waals surface area contributed by atoms with E-state index in [1.807, 2.05) is 11.7 Å². The first-order valence-corrected chi connectivity index (χ1v) is 5.36. The van der Waals surface area contributed by atoms with Crippen LogP contribution in [0.4, 0.5) is 0 Å². The zero-order chi connectivity index (χ0) is 10.3. The minimum absolute atomic E-state index is 0.565. The molecule has 2 N–H and O–H groups in total. The zero-order valence-corrected chi connectivity index (χ0v) is 9.20. The van der Waals surface area contributed by atoms with Gasteiger partial charge in [0.15, 0.2) is 0 Å². The maximum atomic E-state index is 5.75. The van der Waals surface area contributed by atoms with Crippen molar-refractivity contribution in [3.8, 4) is 0 Å². The second kappa shape index (κ2) is 3.39. The van der Waals surface area contributed by atoms with E-state index in [0.29, 0.717) is 17.8 Å². The van der Waals surface area contributed by atoms with E-state index in [0.717, 1.165) is 13.0 Å². The summed E-state index contributed by atoms with van der Waals surface area (Å²) in [5, 5.41) is 4.48. The Morgan fingerprint density at radius 1 is 1.71 bits per heavy atom. The first kappa shape index (κ1) is 9.71. The Hall–Kier alpha value is -0.830. The molecule has 1 aliphatic carbocycles. The molecule has 0 fully saturated rings. The number of fused-ring (bicyclic) bond motifs is 1. The number of nitrogens with two attached hydrogens (primary N) is 1. The van der Waals surface area contributed by atoms with Crippen LogP contribution in [-0.4, -0.2) is 16.3 Å². The lowest BCUT2D eigenvalue weighted by molar-refractivity contribution is 0.372. The highest BCUT2D eigenvalue weighted by atomic mass is 15.3. The standard InChI is InChI=1S/C11H19N3/c1-7-4-10-9(6-14(3)13-10)11(7)8(2)5-12/h6-8,11H,4-5,12H2,1-3H3. The molecule has 1 aromatic heterocycles. The minimum Gasteiger partial charge on any atom is -0.330 e. The Morgan fingerprint density at radius 3 is 3.07 bits per heavy atom. The Bertz CT molecular complexity index is 329. The van der Waals surface area contributed by atoms with Crippen molar-refractivity contribution in [1.29, 1.82) is 0 Å². The van der Waals surface area contributed by atoms with Gasteiger partial charge in [-0.25, -0.2) is 0 Å².